The summed E-state index contributed by atoms with van der Waals surface area (Å²) in [6, 6.07) is 13.7. The lowest BCUT2D eigenvalue weighted by molar-refractivity contribution is 0.484. The van der Waals surface area contributed by atoms with E-state index in [9.17, 15) is 0 Å². The van der Waals surface area contributed by atoms with Crippen LogP contribution in [0.2, 0.25) is 0 Å². The summed E-state index contributed by atoms with van der Waals surface area (Å²) in [7, 11) is 0. The fourth-order valence-electron chi connectivity index (χ4n) is 1.50. The Morgan fingerprint density at radius 3 is 2.41 bits per heavy atom. The number of hydrogen-bond acceptors (Lipinski definition) is 3. The van der Waals surface area contributed by atoms with Crippen LogP contribution in [0.3, 0.4) is 0 Å². The molecule has 0 amide bonds. The maximum atomic E-state index is 5.86. The first-order valence-electron chi connectivity index (χ1n) is 5.37. The minimum Gasteiger partial charge on any atom is -0.455 e. The smallest absolute Gasteiger partial charge is 0.150 e. The van der Waals surface area contributed by atoms with Crippen molar-refractivity contribution >= 4 is 17.4 Å². The molecule has 0 aliphatic heterocycles. The molecule has 0 aliphatic carbocycles. The first kappa shape index (κ1) is 11.9. The molecule has 0 radical (unpaired) electrons. The number of rotatable bonds is 3. The highest BCUT2D eigenvalue weighted by atomic mass is 32.2. The van der Waals surface area contributed by atoms with Crippen LogP contribution in [0.5, 0.6) is 11.5 Å². The van der Waals surface area contributed by atoms with Gasteiger partial charge in [-0.1, -0.05) is 6.07 Å². The third-order valence-corrected chi connectivity index (χ3v) is 3.20. The topological polar surface area (TPSA) is 35.2 Å². The fraction of sp³-hybridized carbons (Fsp3) is 0.143. The second-order valence-corrected chi connectivity index (χ2v) is 4.70. The molecule has 2 nitrogen and oxygen atoms in total. The number of hydrogen-bond donors (Lipinski definition) is 1. The third kappa shape index (κ3) is 2.94. The lowest BCUT2D eigenvalue weighted by Gasteiger charge is -2.09. The SMILES string of the molecule is CSc1ccc(Oc2cc(C)ccc2N)cc1. The van der Waals surface area contributed by atoms with E-state index in [1.54, 1.807) is 11.8 Å². The molecule has 0 spiro atoms. The molecule has 0 aromatic heterocycles. The quantitative estimate of drug-likeness (QED) is 0.653. The molecule has 2 aromatic rings. The molecule has 3 heteroatoms. The van der Waals surface area contributed by atoms with Crippen molar-refractivity contribution in [2.45, 2.75) is 11.8 Å². The summed E-state index contributed by atoms with van der Waals surface area (Å²) in [6.07, 6.45) is 2.05. The predicted octanol–water partition coefficient (Wildman–Crippen LogP) is 4.09. The summed E-state index contributed by atoms with van der Waals surface area (Å²) in [5, 5.41) is 0. The van der Waals surface area contributed by atoms with E-state index >= 15 is 0 Å². The number of thioether (sulfide) groups is 1. The average molecular weight is 245 g/mol. The van der Waals surface area contributed by atoms with Crippen LogP contribution >= 0.6 is 11.8 Å². The first-order chi connectivity index (χ1) is 8.19. The summed E-state index contributed by atoms with van der Waals surface area (Å²) in [5.74, 6) is 1.52. The Kier molecular flexibility index (Phi) is 3.59. The number of aryl methyl sites for hydroxylation is 1. The summed E-state index contributed by atoms with van der Waals surface area (Å²) in [6.45, 7) is 2.02. The monoisotopic (exact) mass is 245 g/mol. The molecule has 0 fully saturated rings. The van der Waals surface area contributed by atoms with Gasteiger partial charge in [0.1, 0.15) is 5.75 Å². The zero-order valence-corrected chi connectivity index (χ0v) is 10.8. The highest BCUT2D eigenvalue weighted by Crippen LogP contribution is 2.29. The van der Waals surface area contributed by atoms with E-state index in [1.165, 1.54) is 4.90 Å². The van der Waals surface area contributed by atoms with Gasteiger partial charge in [0.05, 0.1) is 5.69 Å². The van der Waals surface area contributed by atoms with Gasteiger partial charge in [0.25, 0.3) is 0 Å². The van der Waals surface area contributed by atoms with E-state index in [0.717, 1.165) is 11.3 Å². The van der Waals surface area contributed by atoms with E-state index in [1.807, 2.05) is 49.4 Å². The Bertz CT molecular complexity index is 508. The molecule has 0 aliphatic rings. The van der Waals surface area contributed by atoms with Gasteiger partial charge in [0.15, 0.2) is 5.75 Å². The van der Waals surface area contributed by atoms with Crippen molar-refractivity contribution in [3.8, 4) is 11.5 Å². The molecule has 0 atom stereocenters. The van der Waals surface area contributed by atoms with E-state index in [2.05, 4.69) is 6.26 Å². The lowest BCUT2D eigenvalue weighted by Crippen LogP contribution is -1.92. The van der Waals surface area contributed by atoms with Gasteiger partial charge in [-0.2, -0.15) is 0 Å². The van der Waals surface area contributed by atoms with Gasteiger partial charge in [-0.15, -0.1) is 11.8 Å². The van der Waals surface area contributed by atoms with E-state index < -0.39 is 0 Å². The molecule has 0 bridgehead atoms. The second kappa shape index (κ2) is 5.15. The Morgan fingerprint density at radius 1 is 1.06 bits per heavy atom. The fourth-order valence-corrected chi connectivity index (χ4v) is 1.91. The van der Waals surface area contributed by atoms with E-state index in [0.29, 0.717) is 11.4 Å². The van der Waals surface area contributed by atoms with Gasteiger partial charge >= 0.3 is 0 Å². The van der Waals surface area contributed by atoms with Crippen LogP contribution < -0.4 is 10.5 Å². The molecule has 2 N–H and O–H groups in total. The molecular weight excluding hydrogens is 230 g/mol. The summed E-state index contributed by atoms with van der Waals surface area (Å²) in [5.41, 5.74) is 7.66. The number of ether oxygens (including phenoxy) is 1. The maximum absolute atomic E-state index is 5.86. The van der Waals surface area contributed by atoms with Gasteiger partial charge in [0.2, 0.25) is 0 Å². The largest absolute Gasteiger partial charge is 0.455 e. The zero-order chi connectivity index (χ0) is 12.3. The van der Waals surface area contributed by atoms with Gasteiger partial charge in [-0.05, 0) is 55.1 Å². The molecule has 2 aromatic carbocycles. The molecule has 17 heavy (non-hydrogen) atoms. The van der Waals surface area contributed by atoms with Crippen LogP contribution in [0.15, 0.2) is 47.4 Å². The van der Waals surface area contributed by atoms with Crippen molar-refractivity contribution in [2.24, 2.45) is 0 Å². The minimum absolute atomic E-state index is 0.657. The Balaban J connectivity index is 2.22. The van der Waals surface area contributed by atoms with Gasteiger partial charge in [-0.3, -0.25) is 0 Å². The standard InChI is InChI=1S/C14H15NOS/c1-10-3-8-13(15)14(9-10)16-11-4-6-12(17-2)7-5-11/h3-9H,15H2,1-2H3. The summed E-state index contributed by atoms with van der Waals surface area (Å²) >= 11 is 1.71. The molecule has 0 unspecified atom stereocenters. The van der Waals surface area contributed by atoms with Crippen LogP contribution in [0.25, 0.3) is 0 Å². The average Bonchev–Trinajstić information content (AvgIpc) is 2.35. The molecule has 0 saturated carbocycles. The Hall–Kier alpha value is -1.61. The van der Waals surface area contributed by atoms with Crippen molar-refractivity contribution in [3.63, 3.8) is 0 Å². The summed E-state index contributed by atoms with van der Waals surface area (Å²) in [4.78, 5) is 1.22. The lowest BCUT2D eigenvalue weighted by atomic mass is 10.2. The molecular formula is C14H15NOS. The third-order valence-electron chi connectivity index (χ3n) is 2.46. The number of anilines is 1. The van der Waals surface area contributed by atoms with Crippen LogP contribution in [0, 0.1) is 6.92 Å². The Morgan fingerprint density at radius 2 is 1.76 bits per heavy atom. The van der Waals surface area contributed by atoms with Crippen molar-refractivity contribution in [1.82, 2.24) is 0 Å². The molecule has 0 saturated heterocycles. The van der Waals surface area contributed by atoms with Crippen molar-refractivity contribution in [3.05, 3.63) is 48.0 Å². The second-order valence-electron chi connectivity index (χ2n) is 3.82. The van der Waals surface area contributed by atoms with Crippen LogP contribution in [0.4, 0.5) is 5.69 Å². The highest BCUT2D eigenvalue weighted by molar-refractivity contribution is 7.98. The normalized spacial score (nSPS) is 10.2. The molecule has 2 rings (SSSR count). The predicted molar refractivity (Wildman–Crippen MR) is 73.9 cm³/mol. The van der Waals surface area contributed by atoms with Crippen LogP contribution in [-0.4, -0.2) is 6.26 Å². The summed E-state index contributed by atoms with van der Waals surface area (Å²) < 4.78 is 5.76. The molecule has 88 valence electrons. The van der Waals surface area contributed by atoms with Crippen molar-refractivity contribution < 1.29 is 4.74 Å². The number of nitrogens with two attached hydrogens (primary N) is 1. The number of benzene rings is 2. The Labute approximate surface area is 106 Å². The minimum atomic E-state index is 0.657. The number of nitrogen functional groups attached to an aromatic ring is 1. The highest BCUT2D eigenvalue weighted by Gasteiger charge is 2.02. The zero-order valence-electron chi connectivity index (χ0n) is 9.94. The van der Waals surface area contributed by atoms with Crippen LogP contribution in [0.1, 0.15) is 5.56 Å². The maximum Gasteiger partial charge on any atom is 0.150 e. The molecule has 0 heterocycles. The van der Waals surface area contributed by atoms with E-state index in [-0.39, 0.29) is 0 Å². The van der Waals surface area contributed by atoms with Crippen LogP contribution in [-0.2, 0) is 0 Å². The van der Waals surface area contributed by atoms with Gasteiger partial charge in [0, 0.05) is 4.90 Å². The van der Waals surface area contributed by atoms with Crippen molar-refractivity contribution in [1.29, 1.82) is 0 Å². The van der Waals surface area contributed by atoms with Gasteiger partial charge in [-0.25, -0.2) is 0 Å². The van der Waals surface area contributed by atoms with Crippen molar-refractivity contribution in [2.75, 3.05) is 12.0 Å². The van der Waals surface area contributed by atoms with E-state index in [4.69, 9.17) is 10.5 Å². The van der Waals surface area contributed by atoms with Gasteiger partial charge < -0.3 is 10.5 Å². The first-order valence-corrected chi connectivity index (χ1v) is 6.59.